The van der Waals surface area contributed by atoms with Crippen LogP contribution in [-0.2, 0) is 5.41 Å². The Morgan fingerprint density at radius 2 is 1.16 bits per heavy atom. The summed E-state index contributed by atoms with van der Waals surface area (Å²) in [5.41, 5.74) is 22.5. The van der Waals surface area contributed by atoms with E-state index in [0.29, 0.717) is 0 Å². The molecule has 320 valence electrons. The van der Waals surface area contributed by atoms with Crippen LogP contribution in [0, 0.1) is 11.8 Å². The zero-order valence-electron chi connectivity index (χ0n) is 37.5. The van der Waals surface area contributed by atoms with Gasteiger partial charge in [-0.05, 0) is 114 Å². The van der Waals surface area contributed by atoms with Crippen LogP contribution in [0.1, 0.15) is 33.4 Å². The predicted octanol–water partition coefficient (Wildman–Crippen LogP) is 15.5. The summed E-state index contributed by atoms with van der Waals surface area (Å²) in [4.78, 5) is 15.0. The first kappa shape index (κ1) is 38.3. The van der Waals surface area contributed by atoms with Gasteiger partial charge in [0.1, 0.15) is 0 Å². The van der Waals surface area contributed by atoms with E-state index < -0.39 is 5.41 Å². The van der Waals surface area contributed by atoms with Gasteiger partial charge in [0.25, 0.3) is 0 Å². The van der Waals surface area contributed by atoms with E-state index in [2.05, 4.69) is 218 Å². The number of rotatable bonds is 5. The summed E-state index contributed by atoms with van der Waals surface area (Å²) in [6.45, 7) is 0. The molecular formula is C66H41N3. The maximum Gasteiger partial charge on any atom is 0.0970 e. The van der Waals surface area contributed by atoms with Crippen LogP contribution in [0.15, 0.2) is 259 Å². The second kappa shape index (κ2) is 14.6. The molecule has 3 heterocycles. The predicted molar refractivity (Wildman–Crippen MR) is 283 cm³/mol. The fourth-order valence-electron chi connectivity index (χ4n) is 12.6. The van der Waals surface area contributed by atoms with E-state index in [4.69, 9.17) is 15.0 Å². The van der Waals surface area contributed by atoms with Crippen LogP contribution in [0.25, 0.3) is 77.0 Å². The quantitative estimate of drug-likeness (QED) is 0.162. The highest BCUT2D eigenvalue weighted by atomic mass is 14.7. The number of fused-ring (bicyclic) bond motifs is 9. The lowest BCUT2D eigenvalue weighted by molar-refractivity contribution is 0.568. The highest BCUT2D eigenvalue weighted by molar-refractivity contribution is 6.14. The number of pyridine rings is 3. The van der Waals surface area contributed by atoms with Crippen LogP contribution in [0.4, 0.5) is 0 Å². The number of nitrogens with zero attached hydrogens (tertiary/aromatic N) is 3. The topological polar surface area (TPSA) is 38.7 Å². The third-order valence-corrected chi connectivity index (χ3v) is 15.6. The van der Waals surface area contributed by atoms with Gasteiger partial charge in [-0.1, -0.05) is 194 Å². The molecular weight excluding hydrogens is 835 g/mol. The number of hydrogen-bond donors (Lipinski definition) is 0. The molecule has 3 aromatic heterocycles. The second-order valence-corrected chi connectivity index (χ2v) is 19.0. The number of aromatic nitrogens is 3. The van der Waals surface area contributed by atoms with Crippen LogP contribution in [0.2, 0.25) is 0 Å². The Kier molecular flexibility index (Phi) is 8.11. The lowest BCUT2D eigenvalue weighted by atomic mass is 9.61. The normalized spacial score (nSPS) is 18.1. The molecule has 0 amide bonds. The van der Waals surface area contributed by atoms with E-state index in [1.807, 2.05) is 18.5 Å². The molecule has 5 aliphatic rings. The Morgan fingerprint density at radius 3 is 2.01 bits per heavy atom. The first-order valence-electron chi connectivity index (χ1n) is 24.0. The lowest BCUT2D eigenvalue weighted by Crippen LogP contribution is -2.29. The minimum absolute atomic E-state index is 0.245. The molecule has 69 heavy (non-hydrogen) atoms. The zero-order valence-corrected chi connectivity index (χ0v) is 37.5. The summed E-state index contributed by atoms with van der Waals surface area (Å²) in [6.07, 6.45) is 22.7. The molecule has 3 nitrogen and oxygen atoms in total. The van der Waals surface area contributed by atoms with Crippen molar-refractivity contribution in [3.05, 3.63) is 293 Å². The molecule has 2 unspecified atom stereocenters. The highest BCUT2D eigenvalue weighted by Gasteiger charge is 2.46. The number of hydrogen-bond acceptors (Lipinski definition) is 3. The van der Waals surface area contributed by atoms with Gasteiger partial charge in [-0.2, -0.15) is 0 Å². The number of para-hydroxylation sites is 1. The van der Waals surface area contributed by atoms with Crippen LogP contribution in [0.3, 0.4) is 0 Å². The van der Waals surface area contributed by atoms with E-state index in [9.17, 15) is 0 Å². The van der Waals surface area contributed by atoms with Gasteiger partial charge >= 0.3 is 0 Å². The van der Waals surface area contributed by atoms with Crippen LogP contribution in [0.5, 0.6) is 0 Å². The molecule has 10 aromatic rings. The standard InChI is InChI=1S/C66H41N3/c1-3-13-47(14-4-1)66(48-15-5-2-6-16-48)58-19-9-7-17-51(58)56-38-57-55(39-59(56)66)52-18-8-10-20-60(52)69-63(57)43-24-21-40(22-25-43)46-36-44-26-23-41-27-30-49(53-31-29-45(37-46)61(44)62(41)53)50-33-35-68-65-54(50)32-28-42-12-11-34-67-64(42)65/h1-39,61-62H. The molecule has 3 heteroatoms. The molecule has 7 aromatic carbocycles. The minimum Gasteiger partial charge on any atom is -0.254 e. The van der Waals surface area contributed by atoms with E-state index in [1.54, 1.807) is 0 Å². The summed E-state index contributed by atoms with van der Waals surface area (Å²) >= 11 is 0. The summed E-state index contributed by atoms with van der Waals surface area (Å²) in [5.74, 6) is 0.501. The maximum atomic E-state index is 5.46. The second-order valence-electron chi connectivity index (χ2n) is 19.0. The first-order valence-corrected chi connectivity index (χ1v) is 24.0. The molecule has 0 bridgehead atoms. The van der Waals surface area contributed by atoms with Crippen LogP contribution in [-0.4, -0.2) is 15.0 Å². The minimum atomic E-state index is -0.481. The average Bonchev–Trinajstić information content (AvgIpc) is 3.71. The van der Waals surface area contributed by atoms with E-state index in [-0.39, 0.29) is 11.8 Å². The van der Waals surface area contributed by atoms with Crippen molar-refractivity contribution in [2.75, 3.05) is 0 Å². The van der Waals surface area contributed by atoms with Gasteiger partial charge in [-0.15, -0.1) is 0 Å². The molecule has 0 spiro atoms. The summed E-state index contributed by atoms with van der Waals surface area (Å²) in [5, 5.41) is 5.77. The molecule has 5 aliphatic carbocycles. The van der Waals surface area contributed by atoms with Crippen molar-refractivity contribution in [3.63, 3.8) is 0 Å². The lowest BCUT2D eigenvalue weighted by Gasteiger charge is -2.41. The molecule has 0 fully saturated rings. The zero-order chi connectivity index (χ0) is 45.2. The molecule has 0 saturated heterocycles. The van der Waals surface area contributed by atoms with Crippen molar-refractivity contribution in [1.82, 2.24) is 15.0 Å². The van der Waals surface area contributed by atoms with Gasteiger partial charge in [-0.3, -0.25) is 9.97 Å². The Labute approximate surface area is 399 Å². The molecule has 2 atom stereocenters. The van der Waals surface area contributed by atoms with Crippen LogP contribution < -0.4 is 0 Å². The van der Waals surface area contributed by atoms with Gasteiger partial charge in [0.05, 0.1) is 27.7 Å². The number of benzene rings is 7. The Balaban J connectivity index is 0.842. The number of allylic oxidation sites excluding steroid dienone is 14. The van der Waals surface area contributed by atoms with Crippen molar-refractivity contribution in [2.24, 2.45) is 11.8 Å². The highest BCUT2D eigenvalue weighted by Crippen LogP contribution is 2.58. The Morgan fingerprint density at radius 1 is 0.420 bits per heavy atom. The third kappa shape index (κ3) is 5.47. The molecule has 15 rings (SSSR count). The summed E-state index contributed by atoms with van der Waals surface area (Å²) in [6, 6.07) is 64.5. The van der Waals surface area contributed by atoms with Crippen molar-refractivity contribution in [1.29, 1.82) is 0 Å². The van der Waals surface area contributed by atoms with Gasteiger partial charge in [-0.25, -0.2) is 4.98 Å². The first-order chi connectivity index (χ1) is 34.2. The molecule has 0 saturated carbocycles. The molecule has 0 aliphatic heterocycles. The van der Waals surface area contributed by atoms with Gasteiger partial charge in [0, 0.05) is 51.3 Å². The van der Waals surface area contributed by atoms with Crippen molar-refractivity contribution >= 4 is 54.6 Å². The fourth-order valence-corrected chi connectivity index (χ4v) is 12.6. The van der Waals surface area contributed by atoms with Crippen molar-refractivity contribution in [2.45, 2.75) is 5.41 Å². The van der Waals surface area contributed by atoms with Crippen LogP contribution >= 0.6 is 0 Å². The van der Waals surface area contributed by atoms with Crippen molar-refractivity contribution in [3.8, 4) is 22.4 Å². The SMILES string of the molecule is C1=CC2=CC=C(c3ccnc4c3ccc3cccnc34)C3=CC=C4C=C(c5ccc(-c6nc7ccccc7c7cc8c(cc67)-c6ccccc6C8(c6ccccc6)c6ccccc6)cc5)C=C1C4C23. The molecule has 0 radical (unpaired) electrons. The van der Waals surface area contributed by atoms with Gasteiger partial charge in [0.2, 0.25) is 0 Å². The third-order valence-electron chi connectivity index (χ3n) is 15.6. The van der Waals surface area contributed by atoms with Crippen molar-refractivity contribution < 1.29 is 0 Å². The summed E-state index contributed by atoms with van der Waals surface area (Å²) in [7, 11) is 0. The maximum absolute atomic E-state index is 5.46. The van der Waals surface area contributed by atoms with E-state index in [1.165, 1.54) is 83.3 Å². The smallest absolute Gasteiger partial charge is 0.0970 e. The van der Waals surface area contributed by atoms with Gasteiger partial charge < -0.3 is 0 Å². The van der Waals surface area contributed by atoms with E-state index in [0.717, 1.165) is 49.4 Å². The fraction of sp³-hybridized carbons (Fsp3) is 0.0455. The largest absolute Gasteiger partial charge is 0.254 e. The summed E-state index contributed by atoms with van der Waals surface area (Å²) < 4.78 is 0. The molecule has 0 N–H and O–H groups in total. The van der Waals surface area contributed by atoms with Gasteiger partial charge in [0.15, 0.2) is 0 Å². The average molecular weight is 876 g/mol. The van der Waals surface area contributed by atoms with E-state index >= 15 is 0 Å². The monoisotopic (exact) mass is 875 g/mol. The Bertz CT molecular complexity index is 4070. The Hall–Kier alpha value is -8.79.